The van der Waals surface area contributed by atoms with Crippen molar-refractivity contribution in [3.8, 4) is 11.1 Å². The van der Waals surface area contributed by atoms with Crippen LogP contribution in [0.15, 0.2) is 54.6 Å². The molecule has 24 heavy (non-hydrogen) atoms. The van der Waals surface area contributed by atoms with Gasteiger partial charge in [0.15, 0.2) is 0 Å². The van der Waals surface area contributed by atoms with Crippen molar-refractivity contribution in [2.75, 3.05) is 13.6 Å². The second kappa shape index (κ2) is 6.66. The molecule has 1 aliphatic rings. The second-order valence-electron chi connectivity index (χ2n) is 5.89. The van der Waals surface area contributed by atoms with E-state index in [0.29, 0.717) is 6.54 Å². The van der Waals surface area contributed by atoms with E-state index in [9.17, 15) is 14.4 Å². The van der Waals surface area contributed by atoms with Gasteiger partial charge in [-0.25, -0.2) is 0 Å². The molecule has 5 heteroatoms. The number of amides is 2. The Balaban J connectivity index is 1.66. The molecule has 1 N–H and O–H groups in total. The van der Waals surface area contributed by atoms with Crippen LogP contribution in [0.5, 0.6) is 0 Å². The standard InChI is InChI=1S/C19H18N2O3/c1-21-12-16(17(22)19(21)24)18(23)20-11-13-6-5-9-15(10-13)14-7-3-2-4-8-14/h2-10,16H,11-12H2,1H3,(H,20,23). The van der Waals surface area contributed by atoms with Gasteiger partial charge in [-0.1, -0.05) is 48.5 Å². The predicted octanol–water partition coefficient (Wildman–Crippen LogP) is 1.63. The molecule has 2 aromatic carbocycles. The number of nitrogens with one attached hydrogen (secondary N) is 1. The minimum atomic E-state index is -0.903. The summed E-state index contributed by atoms with van der Waals surface area (Å²) >= 11 is 0. The van der Waals surface area contributed by atoms with Gasteiger partial charge in [0.1, 0.15) is 5.92 Å². The van der Waals surface area contributed by atoms with Gasteiger partial charge in [-0.2, -0.15) is 0 Å². The van der Waals surface area contributed by atoms with Crippen molar-refractivity contribution in [1.82, 2.24) is 10.2 Å². The fraction of sp³-hybridized carbons (Fsp3) is 0.211. The van der Waals surface area contributed by atoms with Gasteiger partial charge in [0.25, 0.3) is 5.91 Å². The van der Waals surface area contributed by atoms with Crippen LogP contribution in [0, 0.1) is 5.92 Å². The molecule has 0 aromatic heterocycles. The average molecular weight is 322 g/mol. The topological polar surface area (TPSA) is 66.5 Å². The fourth-order valence-electron chi connectivity index (χ4n) is 2.78. The van der Waals surface area contributed by atoms with Gasteiger partial charge in [0.05, 0.1) is 0 Å². The van der Waals surface area contributed by atoms with Crippen LogP contribution in [0.25, 0.3) is 11.1 Å². The Kier molecular flexibility index (Phi) is 4.42. The summed E-state index contributed by atoms with van der Waals surface area (Å²) < 4.78 is 0. The molecule has 0 spiro atoms. The van der Waals surface area contributed by atoms with Gasteiger partial charge in [-0.15, -0.1) is 0 Å². The minimum Gasteiger partial charge on any atom is -0.351 e. The average Bonchev–Trinajstić information content (AvgIpc) is 2.88. The first-order chi connectivity index (χ1) is 11.6. The van der Waals surface area contributed by atoms with Crippen molar-refractivity contribution >= 4 is 17.6 Å². The number of hydrogen-bond donors (Lipinski definition) is 1. The lowest BCUT2D eigenvalue weighted by Gasteiger charge is -2.11. The zero-order valence-corrected chi connectivity index (χ0v) is 13.4. The maximum absolute atomic E-state index is 12.2. The highest BCUT2D eigenvalue weighted by molar-refractivity contribution is 6.42. The number of hydrogen-bond acceptors (Lipinski definition) is 3. The lowest BCUT2D eigenvalue weighted by atomic mass is 10.0. The zero-order chi connectivity index (χ0) is 17.1. The number of carbonyl (C=O) groups is 3. The third-order valence-corrected chi connectivity index (χ3v) is 4.15. The summed E-state index contributed by atoms with van der Waals surface area (Å²) in [5, 5.41) is 2.75. The van der Waals surface area contributed by atoms with E-state index in [1.54, 1.807) is 0 Å². The highest BCUT2D eigenvalue weighted by atomic mass is 16.2. The summed E-state index contributed by atoms with van der Waals surface area (Å²) in [5.74, 6) is -2.53. The molecule has 0 aliphatic carbocycles. The van der Waals surface area contributed by atoms with Crippen molar-refractivity contribution in [2.45, 2.75) is 6.54 Å². The summed E-state index contributed by atoms with van der Waals surface area (Å²) in [4.78, 5) is 36.7. The van der Waals surface area contributed by atoms with Crippen molar-refractivity contribution in [3.63, 3.8) is 0 Å². The second-order valence-corrected chi connectivity index (χ2v) is 5.89. The van der Waals surface area contributed by atoms with E-state index in [0.717, 1.165) is 16.7 Å². The third kappa shape index (κ3) is 3.20. The molecule has 2 amide bonds. The van der Waals surface area contributed by atoms with E-state index in [4.69, 9.17) is 0 Å². The maximum atomic E-state index is 12.2. The molecular weight excluding hydrogens is 304 g/mol. The Morgan fingerprint density at radius 3 is 2.46 bits per heavy atom. The molecule has 1 saturated heterocycles. The van der Waals surface area contributed by atoms with E-state index in [1.165, 1.54) is 11.9 Å². The van der Waals surface area contributed by atoms with Crippen LogP contribution in [0.1, 0.15) is 5.56 Å². The Bertz CT molecular complexity index is 786. The van der Waals surface area contributed by atoms with Gasteiger partial charge >= 0.3 is 0 Å². The largest absolute Gasteiger partial charge is 0.351 e. The molecule has 1 heterocycles. The molecule has 1 atom stereocenters. The maximum Gasteiger partial charge on any atom is 0.290 e. The van der Waals surface area contributed by atoms with Crippen molar-refractivity contribution in [3.05, 3.63) is 60.2 Å². The number of likely N-dealkylation sites (N-methyl/N-ethyl adjacent to an activating group) is 1. The highest BCUT2D eigenvalue weighted by Gasteiger charge is 2.41. The first-order valence-corrected chi connectivity index (χ1v) is 7.77. The molecule has 3 rings (SSSR count). The van der Waals surface area contributed by atoms with Crippen LogP contribution in [-0.2, 0) is 20.9 Å². The Hall–Kier alpha value is -2.95. The molecular formula is C19H18N2O3. The predicted molar refractivity (Wildman–Crippen MR) is 89.9 cm³/mol. The monoisotopic (exact) mass is 322 g/mol. The van der Waals surface area contributed by atoms with Gasteiger partial charge in [-0.05, 0) is 22.8 Å². The Labute approximate surface area is 140 Å². The van der Waals surface area contributed by atoms with Crippen LogP contribution in [0.4, 0.5) is 0 Å². The van der Waals surface area contributed by atoms with E-state index in [2.05, 4.69) is 5.32 Å². The molecule has 122 valence electrons. The summed E-state index contributed by atoms with van der Waals surface area (Å²) in [6, 6.07) is 17.8. The summed E-state index contributed by atoms with van der Waals surface area (Å²) in [5.41, 5.74) is 3.10. The SMILES string of the molecule is CN1CC(C(=O)NCc2cccc(-c3ccccc3)c2)C(=O)C1=O. The van der Waals surface area contributed by atoms with Crippen molar-refractivity contribution in [2.24, 2.45) is 5.92 Å². The lowest BCUT2D eigenvalue weighted by Crippen LogP contribution is -2.35. The molecule has 5 nitrogen and oxygen atoms in total. The first kappa shape index (κ1) is 15.9. The van der Waals surface area contributed by atoms with E-state index in [-0.39, 0.29) is 6.54 Å². The van der Waals surface area contributed by atoms with Crippen molar-refractivity contribution in [1.29, 1.82) is 0 Å². The number of likely N-dealkylation sites (tertiary alicyclic amines) is 1. The van der Waals surface area contributed by atoms with Crippen LogP contribution in [0.2, 0.25) is 0 Å². The smallest absolute Gasteiger partial charge is 0.290 e. The lowest BCUT2D eigenvalue weighted by molar-refractivity contribution is -0.142. The van der Waals surface area contributed by atoms with Crippen LogP contribution in [0.3, 0.4) is 0 Å². The van der Waals surface area contributed by atoms with Gasteiger partial charge in [-0.3, -0.25) is 14.4 Å². The number of rotatable bonds is 4. The number of carbonyl (C=O) groups excluding carboxylic acids is 3. The van der Waals surface area contributed by atoms with E-state index >= 15 is 0 Å². The molecule has 1 aliphatic heterocycles. The molecule has 0 saturated carbocycles. The Morgan fingerprint density at radius 1 is 1.08 bits per heavy atom. The number of Topliss-reactive ketones (excluding diaryl/α,β-unsaturated/α-hetero) is 1. The summed E-state index contributed by atoms with van der Waals surface area (Å²) in [6.45, 7) is 0.467. The quantitative estimate of drug-likeness (QED) is 0.687. The van der Waals surface area contributed by atoms with Crippen LogP contribution >= 0.6 is 0 Å². The first-order valence-electron chi connectivity index (χ1n) is 7.77. The molecule has 1 fully saturated rings. The Morgan fingerprint density at radius 2 is 1.79 bits per heavy atom. The zero-order valence-electron chi connectivity index (χ0n) is 13.4. The van der Waals surface area contributed by atoms with E-state index < -0.39 is 23.5 Å². The molecule has 0 radical (unpaired) electrons. The summed E-state index contributed by atoms with van der Waals surface area (Å²) in [7, 11) is 1.52. The van der Waals surface area contributed by atoms with Gasteiger partial charge in [0.2, 0.25) is 11.7 Å². The summed E-state index contributed by atoms with van der Waals surface area (Å²) in [6.07, 6.45) is 0. The number of ketones is 1. The number of benzene rings is 2. The normalized spacial score (nSPS) is 17.2. The fourth-order valence-corrected chi connectivity index (χ4v) is 2.78. The molecule has 1 unspecified atom stereocenters. The highest BCUT2D eigenvalue weighted by Crippen LogP contribution is 2.20. The number of nitrogens with zero attached hydrogens (tertiary/aromatic N) is 1. The van der Waals surface area contributed by atoms with E-state index in [1.807, 2.05) is 54.6 Å². The third-order valence-electron chi connectivity index (χ3n) is 4.15. The van der Waals surface area contributed by atoms with Crippen LogP contribution in [-0.4, -0.2) is 36.1 Å². The van der Waals surface area contributed by atoms with Gasteiger partial charge < -0.3 is 10.2 Å². The van der Waals surface area contributed by atoms with Crippen LogP contribution < -0.4 is 5.32 Å². The van der Waals surface area contributed by atoms with Crippen molar-refractivity contribution < 1.29 is 14.4 Å². The minimum absolute atomic E-state index is 0.146. The molecule has 2 aromatic rings. The van der Waals surface area contributed by atoms with Gasteiger partial charge in [0, 0.05) is 20.1 Å². The molecule has 0 bridgehead atoms.